The Morgan fingerprint density at radius 3 is 2.76 bits per heavy atom. The Bertz CT molecular complexity index is 935. The van der Waals surface area contributed by atoms with Crippen LogP contribution in [-0.4, -0.2) is 41.2 Å². The number of nitrogens with zero attached hydrogens (tertiary/aromatic N) is 4. The third kappa shape index (κ3) is 3.60. The highest BCUT2D eigenvalue weighted by molar-refractivity contribution is 7.13. The van der Waals surface area contributed by atoms with Crippen LogP contribution < -0.4 is 4.90 Å². The molecule has 29 heavy (non-hydrogen) atoms. The van der Waals surface area contributed by atoms with Gasteiger partial charge in [-0.05, 0) is 38.2 Å². The zero-order valence-corrected chi connectivity index (χ0v) is 18.0. The minimum atomic E-state index is 0.320. The number of anilines is 1. The third-order valence-corrected chi connectivity index (χ3v) is 7.67. The van der Waals surface area contributed by atoms with Crippen molar-refractivity contribution in [2.75, 3.05) is 31.1 Å². The molecule has 2 aliphatic rings. The van der Waals surface area contributed by atoms with Crippen LogP contribution in [-0.2, 0) is 13.0 Å². The minimum absolute atomic E-state index is 0.320. The van der Waals surface area contributed by atoms with E-state index in [2.05, 4.69) is 62.6 Å². The molecule has 2 aliphatic heterocycles. The van der Waals surface area contributed by atoms with Gasteiger partial charge < -0.3 is 9.42 Å². The van der Waals surface area contributed by atoms with Gasteiger partial charge in [0.05, 0.1) is 5.69 Å². The number of thiazole rings is 1. The van der Waals surface area contributed by atoms with Crippen LogP contribution >= 0.6 is 11.3 Å². The van der Waals surface area contributed by atoms with Gasteiger partial charge in [-0.15, -0.1) is 11.3 Å². The summed E-state index contributed by atoms with van der Waals surface area (Å²) in [5.41, 5.74) is 4.06. The Hall–Kier alpha value is -2.18. The predicted octanol–water partition coefficient (Wildman–Crippen LogP) is 4.32. The van der Waals surface area contributed by atoms with Gasteiger partial charge in [0.25, 0.3) is 0 Å². The van der Waals surface area contributed by atoms with Crippen LogP contribution in [0.15, 0.2) is 46.4 Å². The highest BCUT2D eigenvalue weighted by Crippen LogP contribution is 2.47. The summed E-state index contributed by atoms with van der Waals surface area (Å²) in [6.07, 6.45) is 4.29. The van der Waals surface area contributed by atoms with Crippen molar-refractivity contribution in [1.82, 2.24) is 15.0 Å². The molecule has 0 N–H and O–H groups in total. The summed E-state index contributed by atoms with van der Waals surface area (Å²) >= 11 is 1.76. The van der Waals surface area contributed by atoms with E-state index in [0.717, 1.165) is 50.6 Å². The molecule has 3 aromatic rings. The van der Waals surface area contributed by atoms with Gasteiger partial charge in [0, 0.05) is 55.3 Å². The molecule has 5 rings (SSSR count). The molecule has 6 heteroatoms. The van der Waals surface area contributed by atoms with E-state index in [1.807, 2.05) is 13.1 Å². The molecular weight excluding hydrogens is 380 g/mol. The van der Waals surface area contributed by atoms with E-state index in [1.54, 1.807) is 11.3 Å². The fourth-order valence-corrected chi connectivity index (χ4v) is 5.93. The van der Waals surface area contributed by atoms with Crippen molar-refractivity contribution in [2.45, 2.75) is 33.2 Å². The summed E-state index contributed by atoms with van der Waals surface area (Å²) in [4.78, 5) is 9.74. The van der Waals surface area contributed by atoms with Crippen LogP contribution in [0.1, 0.15) is 29.0 Å². The van der Waals surface area contributed by atoms with Crippen LogP contribution in [0.5, 0.6) is 0 Å². The highest BCUT2D eigenvalue weighted by Gasteiger charge is 2.52. The van der Waals surface area contributed by atoms with Gasteiger partial charge in [-0.3, -0.25) is 4.90 Å². The lowest BCUT2D eigenvalue weighted by Gasteiger charge is -2.29. The first-order chi connectivity index (χ1) is 14.1. The number of hydrogen-bond donors (Lipinski definition) is 0. The summed E-state index contributed by atoms with van der Waals surface area (Å²) in [7, 11) is 0. The van der Waals surface area contributed by atoms with Gasteiger partial charge >= 0.3 is 0 Å². The van der Waals surface area contributed by atoms with Crippen molar-refractivity contribution in [1.29, 1.82) is 0 Å². The number of fused-ring (bicyclic) bond motifs is 1. The first-order valence-corrected chi connectivity index (χ1v) is 11.3. The van der Waals surface area contributed by atoms with E-state index >= 15 is 0 Å². The first-order valence-electron chi connectivity index (χ1n) is 10.5. The number of benzene rings is 1. The first kappa shape index (κ1) is 18.8. The van der Waals surface area contributed by atoms with E-state index in [-0.39, 0.29) is 0 Å². The SMILES string of the molecule is Cc1noc(C)c1CN1CC2CN(c3nccs3)CC2(CCc2ccccc2)C1. The summed E-state index contributed by atoms with van der Waals surface area (Å²) in [6.45, 7) is 9.52. The quantitative estimate of drug-likeness (QED) is 0.608. The van der Waals surface area contributed by atoms with Gasteiger partial charge in [-0.1, -0.05) is 35.5 Å². The second kappa shape index (κ2) is 7.58. The lowest BCUT2D eigenvalue weighted by atomic mass is 9.76. The number of aromatic nitrogens is 2. The minimum Gasteiger partial charge on any atom is -0.361 e. The average molecular weight is 409 g/mol. The Morgan fingerprint density at radius 1 is 1.17 bits per heavy atom. The molecule has 2 saturated heterocycles. The van der Waals surface area contributed by atoms with Crippen molar-refractivity contribution in [3.05, 3.63) is 64.5 Å². The van der Waals surface area contributed by atoms with Gasteiger partial charge in [-0.2, -0.15) is 0 Å². The molecule has 0 aliphatic carbocycles. The summed E-state index contributed by atoms with van der Waals surface area (Å²) in [6, 6.07) is 10.9. The molecule has 2 aromatic heterocycles. The number of rotatable bonds is 6. The monoisotopic (exact) mass is 408 g/mol. The largest absolute Gasteiger partial charge is 0.361 e. The Labute approximate surface area is 176 Å². The molecule has 0 radical (unpaired) electrons. The molecule has 0 amide bonds. The second-order valence-corrected chi connectivity index (χ2v) is 9.59. The number of likely N-dealkylation sites (tertiary alicyclic amines) is 1. The fraction of sp³-hybridized carbons (Fsp3) is 0.478. The van der Waals surface area contributed by atoms with Gasteiger partial charge in [0.2, 0.25) is 0 Å². The number of aryl methyl sites for hydroxylation is 3. The summed E-state index contributed by atoms with van der Waals surface area (Å²) in [5, 5.41) is 7.42. The van der Waals surface area contributed by atoms with Crippen LogP contribution in [0.3, 0.4) is 0 Å². The van der Waals surface area contributed by atoms with Gasteiger partial charge in [0.15, 0.2) is 5.13 Å². The van der Waals surface area contributed by atoms with E-state index in [9.17, 15) is 0 Å². The predicted molar refractivity (Wildman–Crippen MR) is 116 cm³/mol. The molecule has 5 nitrogen and oxygen atoms in total. The lowest BCUT2D eigenvalue weighted by Crippen LogP contribution is -2.34. The van der Waals surface area contributed by atoms with Crippen molar-refractivity contribution in [3.63, 3.8) is 0 Å². The standard InChI is InChI=1S/C23H28N4OS/c1-17-21(18(2)28-25-17)14-26-12-20-13-27(22-24-10-11-29-22)16-23(20,15-26)9-8-19-6-4-3-5-7-19/h3-7,10-11,20H,8-9,12-16H2,1-2H3. The maximum absolute atomic E-state index is 5.40. The van der Waals surface area contributed by atoms with E-state index in [0.29, 0.717) is 11.3 Å². The number of hydrogen-bond acceptors (Lipinski definition) is 6. The van der Waals surface area contributed by atoms with Crippen LogP contribution in [0.4, 0.5) is 5.13 Å². The zero-order valence-electron chi connectivity index (χ0n) is 17.2. The summed E-state index contributed by atoms with van der Waals surface area (Å²) in [5.74, 6) is 1.64. The van der Waals surface area contributed by atoms with Crippen molar-refractivity contribution in [3.8, 4) is 0 Å². The molecule has 0 spiro atoms. The highest BCUT2D eigenvalue weighted by atomic mass is 32.1. The summed E-state index contributed by atoms with van der Waals surface area (Å²) < 4.78 is 5.40. The van der Waals surface area contributed by atoms with Crippen LogP contribution in [0, 0.1) is 25.2 Å². The van der Waals surface area contributed by atoms with E-state index in [4.69, 9.17) is 4.52 Å². The Morgan fingerprint density at radius 2 is 2.03 bits per heavy atom. The molecule has 1 aromatic carbocycles. The normalized spacial score (nSPS) is 24.3. The maximum atomic E-state index is 5.40. The Kier molecular flexibility index (Phi) is 4.92. The van der Waals surface area contributed by atoms with Crippen LogP contribution in [0.25, 0.3) is 0 Å². The van der Waals surface area contributed by atoms with E-state index in [1.165, 1.54) is 22.7 Å². The molecule has 2 unspecified atom stereocenters. The maximum Gasteiger partial charge on any atom is 0.185 e. The molecule has 2 atom stereocenters. The average Bonchev–Trinajstić information content (AvgIpc) is 3.48. The smallest absolute Gasteiger partial charge is 0.185 e. The van der Waals surface area contributed by atoms with Gasteiger partial charge in [-0.25, -0.2) is 4.98 Å². The van der Waals surface area contributed by atoms with E-state index < -0.39 is 0 Å². The molecule has 2 fully saturated rings. The molecular formula is C23H28N4OS. The van der Waals surface area contributed by atoms with Crippen molar-refractivity contribution < 1.29 is 4.52 Å². The molecule has 0 saturated carbocycles. The topological polar surface area (TPSA) is 45.4 Å². The van der Waals surface area contributed by atoms with Crippen molar-refractivity contribution in [2.24, 2.45) is 11.3 Å². The zero-order chi connectivity index (χ0) is 19.8. The lowest BCUT2D eigenvalue weighted by molar-refractivity contribution is 0.239. The van der Waals surface area contributed by atoms with Crippen LogP contribution in [0.2, 0.25) is 0 Å². The molecule has 152 valence electrons. The van der Waals surface area contributed by atoms with Gasteiger partial charge in [0.1, 0.15) is 5.76 Å². The second-order valence-electron chi connectivity index (χ2n) is 8.71. The Balaban J connectivity index is 1.35. The molecule has 0 bridgehead atoms. The fourth-order valence-electron chi connectivity index (χ4n) is 5.28. The third-order valence-electron chi connectivity index (χ3n) is 6.84. The van der Waals surface area contributed by atoms with Crippen molar-refractivity contribution >= 4 is 16.5 Å². The molecule has 4 heterocycles.